The van der Waals surface area contributed by atoms with Gasteiger partial charge in [-0.15, -0.1) is 0 Å². The van der Waals surface area contributed by atoms with E-state index in [0.29, 0.717) is 11.4 Å². The van der Waals surface area contributed by atoms with Gasteiger partial charge in [-0.2, -0.15) is 5.10 Å². The van der Waals surface area contributed by atoms with Gasteiger partial charge in [0.2, 0.25) is 0 Å². The molecule has 8 nitrogen and oxygen atoms in total. The Morgan fingerprint density at radius 3 is 2.56 bits per heavy atom. The summed E-state index contributed by atoms with van der Waals surface area (Å²) in [5.74, 6) is 0.645. The van der Waals surface area contributed by atoms with Gasteiger partial charge in [0.25, 0.3) is 11.6 Å². The van der Waals surface area contributed by atoms with E-state index in [4.69, 9.17) is 4.74 Å². The van der Waals surface area contributed by atoms with Crippen LogP contribution in [0, 0.1) is 10.1 Å². The van der Waals surface area contributed by atoms with Crippen LogP contribution in [0.25, 0.3) is 11.3 Å². The van der Waals surface area contributed by atoms with E-state index in [0.717, 1.165) is 48.1 Å². The van der Waals surface area contributed by atoms with Crippen LogP contribution < -0.4 is 4.74 Å². The van der Waals surface area contributed by atoms with Crippen molar-refractivity contribution < 1.29 is 14.5 Å². The van der Waals surface area contributed by atoms with Crippen LogP contribution in [0.1, 0.15) is 59.8 Å². The number of nitrogens with one attached hydrogen (secondary N) is 1. The number of ether oxygens (including phenoxy) is 1. The molecule has 1 unspecified atom stereocenters. The number of non-ortho nitro benzene ring substituents is 1. The number of nitrogens with zero attached hydrogens (tertiary/aromatic N) is 3. The first-order chi connectivity index (χ1) is 15.6. The number of benzene rings is 2. The zero-order valence-corrected chi connectivity index (χ0v) is 17.8. The van der Waals surface area contributed by atoms with Gasteiger partial charge in [-0.3, -0.25) is 20.0 Å². The highest BCUT2D eigenvalue weighted by Gasteiger charge is 2.45. The Morgan fingerprint density at radius 2 is 1.88 bits per heavy atom. The lowest BCUT2D eigenvalue weighted by Crippen LogP contribution is -2.40. The van der Waals surface area contributed by atoms with Crippen LogP contribution >= 0.6 is 0 Å². The SMILES string of the molecule is COc1ccc(-c2n[nH]c3c2C(c2cccc([N+](=O)[O-])c2)N(C2CCCCC2)C3=O)cc1. The molecule has 0 saturated heterocycles. The Bertz CT molecular complexity index is 1160. The van der Waals surface area contributed by atoms with Crippen molar-refractivity contribution in [2.75, 3.05) is 7.11 Å². The molecule has 164 valence electrons. The highest BCUT2D eigenvalue weighted by Crippen LogP contribution is 2.46. The van der Waals surface area contributed by atoms with Gasteiger partial charge in [0.1, 0.15) is 11.4 Å². The van der Waals surface area contributed by atoms with Crippen molar-refractivity contribution in [3.8, 4) is 17.0 Å². The fourth-order valence-corrected chi connectivity index (χ4v) is 5.01. The molecular weight excluding hydrogens is 408 g/mol. The third kappa shape index (κ3) is 3.32. The highest BCUT2D eigenvalue weighted by atomic mass is 16.6. The van der Waals surface area contributed by atoms with E-state index in [9.17, 15) is 14.9 Å². The van der Waals surface area contributed by atoms with Crippen LogP contribution in [0.4, 0.5) is 5.69 Å². The summed E-state index contributed by atoms with van der Waals surface area (Å²) in [5.41, 5.74) is 3.54. The number of amides is 1. The number of hydrogen-bond donors (Lipinski definition) is 1. The number of rotatable bonds is 5. The molecule has 1 amide bonds. The zero-order chi connectivity index (χ0) is 22.2. The predicted molar refractivity (Wildman–Crippen MR) is 119 cm³/mol. The molecule has 1 saturated carbocycles. The number of nitro benzene ring substituents is 1. The number of fused-ring (bicyclic) bond motifs is 1. The van der Waals surface area contributed by atoms with Gasteiger partial charge in [0.15, 0.2) is 0 Å². The second-order valence-electron chi connectivity index (χ2n) is 8.35. The third-order valence-corrected chi connectivity index (χ3v) is 6.53. The lowest BCUT2D eigenvalue weighted by atomic mass is 9.91. The van der Waals surface area contributed by atoms with Crippen molar-refractivity contribution in [1.82, 2.24) is 15.1 Å². The minimum Gasteiger partial charge on any atom is -0.497 e. The number of aromatic nitrogens is 2. The maximum absolute atomic E-state index is 13.5. The Labute approximate surface area is 185 Å². The molecule has 2 aromatic carbocycles. The Kier molecular flexibility index (Phi) is 5.13. The van der Waals surface area contributed by atoms with Crippen LogP contribution in [0.15, 0.2) is 48.5 Å². The molecule has 1 aliphatic heterocycles. The molecule has 1 atom stereocenters. The predicted octanol–water partition coefficient (Wildman–Crippen LogP) is 4.87. The van der Waals surface area contributed by atoms with Crippen molar-refractivity contribution in [3.63, 3.8) is 0 Å². The van der Waals surface area contributed by atoms with E-state index in [-0.39, 0.29) is 17.6 Å². The lowest BCUT2D eigenvalue weighted by molar-refractivity contribution is -0.384. The van der Waals surface area contributed by atoms with Crippen LogP contribution in [-0.2, 0) is 0 Å². The van der Waals surface area contributed by atoms with Crippen molar-refractivity contribution >= 4 is 11.6 Å². The van der Waals surface area contributed by atoms with Gasteiger partial charge in [0.05, 0.1) is 23.8 Å². The molecule has 1 N–H and O–H groups in total. The lowest BCUT2D eigenvalue weighted by Gasteiger charge is -2.36. The summed E-state index contributed by atoms with van der Waals surface area (Å²) in [6.45, 7) is 0. The summed E-state index contributed by atoms with van der Waals surface area (Å²) in [4.78, 5) is 26.5. The Morgan fingerprint density at radius 1 is 1.12 bits per heavy atom. The topological polar surface area (TPSA) is 101 Å². The molecule has 0 bridgehead atoms. The summed E-state index contributed by atoms with van der Waals surface area (Å²) in [6.07, 6.45) is 5.20. The molecule has 2 aliphatic rings. The van der Waals surface area contributed by atoms with Crippen LogP contribution in [0.3, 0.4) is 0 Å². The molecule has 0 radical (unpaired) electrons. The van der Waals surface area contributed by atoms with E-state index in [1.54, 1.807) is 19.2 Å². The van der Waals surface area contributed by atoms with Crippen LogP contribution in [-0.4, -0.2) is 39.1 Å². The fourth-order valence-electron chi connectivity index (χ4n) is 5.01. The number of methoxy groups -OCH3 is 1. The van der Waals surface area contributed by atoms with Crippen LogP contribution in [0.2, 0.25) is 0 Å². The number of H-pyrrole nitrogens is 1. The van der Waals surface area contributed by atoms with Gasteiger partial charge >= 0.3 is 0 Å². The highest BCUT2D eigenvalue weighted by molar-refractivity contribution is 6.00. The van der Waals surface area contributed by atoms with Crippen molar-refractivity contribution in [1.29, 1.82) is 0 Å². The largest absolute Gasteiger partial charge is 0.497 e. The average molecular weight is 432 g/mol. The second-order valence-corrected chi connectivity index (χ2v) is 8.35. The minimum absolute atomic E-state index is 0.0153. The zero-order valence-electron chi connectivity index (χ0n) is 17.8. The maximum atomic E-state index is 13.5. The number of carbonyl (C=O) groups excluding carboxylic acids is 1. The molecule has 0 spiro atoms. The average Bonchev–Trinajstić information content (AvgIpc) is 3.38. The molecule has 1 aromatic heterocycles. The molecule has 32 heavy (non-hydrogen) atoms. The summed E-state index contributed by atoms with van der Waals surface area (Å²) in [6, 6.07) is 13.8. The first-order valence-electron chi connectivity index (χ1n) is 10.9. The number of nitro groups is 1. The monoisotopic (exact) mass is 432 g/mol. The van der Waals surface area contributed by atoms with E-state index >= 15 is 0 Å². The maximum Gasteiger partial charge on any atom is 0.273 e. The molecule has 8 heteroatoms. The van der Waals surface area contributed by atoms with Gasteiger partial charge < -0.3 is 9.64 Å². The van der Waals surface area contributed by atoms with E-state index in [2.05, 4.69) is 10.2 Å². The van der Waals surface area contributed by atoms with Crippen molar-refractivity contribution in [3.05, 3.63) is 75.5 Å². The van der Waals surface area contributed by atoms with Gasteiger partial charge in [-0.1, -0.05) is 31.4 Å². The Hall–Kier alpha value is -3.68. The molecule has 5 rings (SSSR count). The third-order valence-electron chi connectivity index (χ3n) is 6.53. The van der Waals surface area contributed by atoms with E-state index in [1.165, 1.54) is 12.5 Å². The van der Waals surface area contributed by atoms with E-state index < -0.39 is 11.0 Å². The standard InChI is InChI=1S/C24H24N4O4/c1-32-19-12-10-15(11-13-19)21-20-22(26-25-21)24(29)27(17-7-3-2-4-8-17)23(20)16-6-5-9-18(14-16)28(30)31/h5-6,9-14,17,23H,2-4,7-8H2,1H3,(H,25,26). The van der Waals surface area contributed by atoms with E-state index in [1.807, 2.05) is 35.2 Å². The van der Waals surface area contributed by atoms with Crippen LogP contribution in [0.5, 0.6) is 5.75 Å². The smallest absolute Gasteiger partial charge is 0.273 e. The molecule has 3 aromatic rings. The second kappa shape index (κ2) is 8.11. The first kappa shape index (κ1) is 20.2. The molecule has 2 heterocycles. The number of carbonyl (C=O) groups is 1. The molecule has 1 aliphatic carbocycles. The summed E-state index contributed by atoms with van der Waals surface area (Å²) in [7, 11) is 1.61. The summed E-state index contributed by atoms with van der Waals surface area (Å²) in [5, 5.41) is 18.9. The molecular formula is C24H24N4O4. The summed E-state index contributed by atoms with van der Waals surface area (Å²) < 4.78 is 5.26. The Balaban J connectivity index is 1.66. The first-order valence-corrected chi connectivity index (χ1v) is 10.9. The fraction of sp³-hybridized carbons (Fsp3) is 0.333. The van der Waals surface area contributed by atoms with Crippen molar-refractivity contribution in [2.24, 2.45) is 0 Å². The minimum atomic E-state index is -0.420. The van der Waals surface area contributed by atoms with Gasteiger partial charge in [-0.25, -0.2) is 0 Å². The molecule has 1 fully saturated rings. The quantitative estimate of drug-likeness (QED) is 0.458. The normalized spacial score (nSPS) is 18.6. The summed E-state index contributed by atoms with van der Waals surface area (Å²) >= 11 is 0. The number of hydrogen-bond acceptors (Lipinski definition) is 5. The van der Waals surface area contributed by atoms with Crippen molar-refractivity contribution in [2.45, 2.75) is 44.2 Å². The van der Waals surface area contributed by atoms with Gasteiger partial charge in [-0.05, 0) is 42.7 Å². The van der Waals surface area contributed by atoms with Gasteiger partial charge in [0, 0.05) is 29.3 Å². The number of aromatic amines is 1.